The molecule has 4 N–H and O–H groups in total. The molecular formula is C13H15F3N2O3. The highest BCUT2D eigenvalue weighted by atomic mass is 19.4. The van der Waals surface area contributed by atoms with Crippen molar-refractivity contribution in [1.82, 2.24) is 0 Å². The number of rotatable bonds is 4. The Morgan fingerprint density at radius 3 is 2.29 bits per heavy atom. The van der Waals surface area contributed by atoms with Gasteiger partial charge in [-0.15, -0.1) is 0 Å². The van der Waals surface area contributed by atoms with E-state index in [0.29, 0.717) is 12.1 Å². The average Bonchev–Trinajstić information content (AvgIpc) is 2.37. The van der Waals surface area contributed by atoms with Crippen LogP contribution in [0.15, 0.2) is 18.2 Å². The Kier molecular flexibility index (Phi) is 4.62. The minimum Gasteiger partial charge on any atom is -0.478 e. The van der Waals surface area contributed by atoms with Crippen LogP contribution in [0.5, 0.6) is 0 Å². The van der Waals surface area contributed by atoms with Crippen LogP contribution >= 0.6 is 0 Å². The van der Waals surface area contributed by atoms with Crippen LogP contribution < -0.4 is 11.1 Å². The molecule has 5 nitrogen and oxygen atoms in total. The van der Waals surface area contributed by atoms with Crippen LogP contribution in [-0.2, 0) is 11.0 Å². The second-order valence-electron chi connectivity index (χ2n) is 5.11. The molecule has 0 radical (unpaired) electrons. The number of benzene rings is 1. The molecule has 0 aromatic heterocycles. The first-order valence-corrected chi connectivity index (χ1v) is 5.95. The largest absolute Gasteiger partial charge is 0.478 e. The Bertz CT molecular complexity index is 568. The van der Waals surface area contributed by atoms with Crippen LogP contribution in [0.25, 0.3) is 0 Å². The summed E-state index contributed by atoms with van der Waals surface area (Å²) in [5, 5.41) is 11.3. The predicted molar refractivity (Wildman–Crippen MR) is 69.9 cm³/mol. The van der Waals surface area contributed by atoms with Crippen LogP contribution in [0.1, 0.15) is 29.8 Å². The molecule has 0 aliphatic carbocycles. The Morgan fingerprint density at radius 2 is 1.86 bits per heavy atom. The number of hydrogen-bond acceptors (Lipinski definition) is 3. The molecule has 116 valence electrons. The van der Waals surface area contributed by atoms with Crippen LogP contribution in [0.3, 0.4) is 0 Å². The van der Waals surface area contributed by atoms with Gasteiger partial charge in [0, 0.05) is 6.54 Å². The molecule has 0 aliphatic rings. The van der Waals surface area contributed by atoms with Gasteiger partial charge in [-0.05, 0) is 32.0 Å². The van der Waals surface area contributed by atoms with Gasteiger partial charge in [0.1, 0.15) is 0 Å². The third-order valence-electron chi connectivity index (χ3n) is 2.95. The Morgan fingerprint density at radius 1 is 1.29 bits per heavy atom. The zero-order chi connectivity index (χ0) is 16.4. The molecular weight excluding hydrogens is 289 g/mol. The number of hydrogen-bond donors (Lipinski definition) is 3. The lowest BCUT2D eigenvalue weighted by atomic mass is 9.92. The first kappa shape index (κ1) is 17.0. The third kappa shape index (κ3) is 3.94. The number of carboxylic acids is 1. The van der Waals surface area contributed by atoms with Gasteiger partial charge in [-0.2, -0.15) is 13.2 Å². The number of aromatic carboxylic acids is 1. The molecule has 0 bridgehead atoms. The normalized spacial score (nSPS) is 12.1. The van der Waals surface area contributed by atoms with Gasteiger partial charge in [0.15, 0.2) is 0 Å². The van der Waals surface area contributed by atoms with Crippen LogP contribution in [0.2, 0.25) is 0 Å². The molecule has 0 saturated carbocycles. The van der Waals surface area contributed by atoms with Crippen LogP contribution in [0.4, 0.5) is 18.9 Å². The summed E-state index contributed by atoms with van der Waals surface area (Å²) in [5.41, 5.74) is 2.50. The quantitative estimate of drug-likeness (QED) is 0.796. The van der Waals surface area contributed by atoms with E-state index in [2.05, 4.69) is 5.32 Å². The van der Waals surface area contributed by atoms with Crippen molar-refractivity contribution < 1.29 is 27.9 Å². The van der Waals surface area contributed by atoms with Crippen LogP contribution in [-0.4, -0.2) is 23.5 Å². The summed E-state index contributed by atoms with van der Waals surface area (Å²) >= 11 is 0. The first-order chi connectivity index (χ1) is 9.49. The van der Waals surface area contributed by atoms with Crippen molar-refractivity contribution in [3.8, 4) is 0 Å². The van der Waals surface area contributed by atoms with Crippen molar-refractivity contribution in [3.63, 3.8) is 0 Å². The Balaban J connectivity index is 3.20. The lowest BCUT2D eigenvalue weighted by Gasteiger charge is -2.22. The summed E-state index contributed by atoms with van der Waals surface area (Å²) in [6, 6.07) is 2.10. The average molecular weight is 304 g/mol. The number of alkyl halides is 3. The van der Waals surface area contributed by atoms with E-state index in [1.807, 2.05) is 0 Å². The van der Waals surface area contributed by atoms with E-state index >= 15 is 0 Å². The SMILES string of the molecule is CC(C)(CN)C(=O)Nc1ccc(C(F)(F)F)cc1C(=O)O. The molecule has 21 heavy (non-hydrogen) atoms. The lowest BCUT2D eigenvalue weighted by molar-refractivity contribution is -0.137. The van der Waals surface area contributed by atoms with Crippen LogP contribution in [0, 0.1) is 5.41 Å². The summed E-state index contributed by atoms with van der Waals surface area (Å²) in [6.07, 6.45) is -4.66. The molecule has 1 aromatic carbocycles. The Hall–Kier alpha value is -2.09. The Labute approximate surface area is 118 Å². The van der Waals surface area contributed by atoms with Gasteiger partial charge in [0.25, 0.3) is 0 Å². The minimum absolute atomic E-state index is 0.00186. The highest BCUT2D eigenvalue weighted by molar-refractivity contribution is 6.02. The summed E-state index contributed by atoms with van der Waals surface area (Å²) in [5.74, 6) is -2.14. The van der Waals surface area contributed by atoms with E-state index in [0.717, 1.165) is 6.07 Å². The molecule has 0 unspecified atom stereocenters. The molecule has 0 aliphatic heterocycles. The smallest absolute Gasteiger partial charge is 0.416 e. The molecule has 0 atom stereocenters. The van der Waals surface area contributed by atoms with Gasteiger partial charge in [-0.1, -0.05) is 0 Å². The first-order valence-electron chi connectivity index (χ1n) is 5.95. The summed E-state index contributed by atoms with van der Waals surface area (Å²) in [7, 11) is 0. The highest BCUT2D eigenvalue weighted by Gasteiger charge is 2.33. The van der Waals surface area contributed by atoms with E-state index in [1.54, 1.807) is 0 Å². The van der Waals surface area contributed by atoms with Crippen molar-refractivity contribution in [1.29, 1.82) is 0 Å². The van der Waals surface area contributed by atoms with Crippen molar-refractivity contribution in [2.24, 2.45) is 11.1 Å². The monoisotopic (exact) mass is 304 g/mol. The maximum absolute atomic E-state index is 12.6. The van der Waals surface area contributed by atoms with Gasteiger partial charge in [0.05, 0.1) is 22.2 Å². The summed E-state index contributed by atoms with van der Waals surface area (Å²) in [6.45, 7) is 3.07. The van der Waals surface area contributed by atoms with Gasteiger partial charge >= 0.3 is 12.1 Å². The second kappa shape index (κ2) is 5.72. The summed E-state index contributed by atoms with van der Waals surface area (Å²) in [4.78, 5) is 23.0. The number of carboxylic acid groups (broad SMARTS) is 1. The van der Waals surface area contributed by atoms with E-state index in [9.17, 15) is 22.8 Å². The number of carbonyl (C=O) groups is 2. The molecule has 1 rings (SSSR count). The number of amides is 1. The zero-order valence-electron chi connectivity index (χ0n) is 11.4. The van der Waals surface area contributed by atoms with E-state index in [-0.39, 0.29) is 12.2 Å². The van der Waals surface area contributed by atoms with E-state index in [4.69, 9.17) is 10.8 Å². The fourth-order valence-electron chi connectivity index (χ4n) is 1.39. The number of nitrogens with two attached hydrogens (primary N) is 1. The van der Waals surface area contributed by atoms with Gasteiger partial charge < -0.3 is 16.2 Å². The summed E-state index contributed by atoms with van der Waals surface area (Å²) < 4.78 is 37.7. The maximum atomic E-state index is 12.6. The van der Waals surface area contributed by atoms with E-state index < -0.39 is 34.6 Å². The van der Waals surface area contributed by atoms with Gasteiger partial charge in [-0.3, -0.25) is 4.79 Å². The molecule has 1 aromatic rings. The molecule has 0 saturated heterocycles. The topological polar surface area (TPSA) is 92.4 Å². The number of halogens is 3. The molecule has 8 heteroatoms. The lowest BCUT2D eigenvalue weighted by Crippen LogP contribution is -2.37. The molecule has 1 amide bonds. The van der Waals surface area contributed by atoms with Crippen molar-refractivity contribution in [2.75, 3.05) is 11.9 Å². The third-order valence-corrected chi connectivity index (χ3v) is 2.95. The fraction of sp³-hybridized carbons (Fsp3) is 0.385. The fourth-order valence-corrected chi connectivity index (χ4v) is 1.39. The number of carbonyl (C=O) groups excluding carboxylic acids is 1. The minimum atomic E-state index is -4.66. The molecule has 0 spiro atoms. The van der Waals surface area contributed by atoms with Crippen molar-refractivity contribution >= 4 is 17.6 Å². The predicted octanol–water partition coefficient (Wildman–Crippen LogP) is 2.33. The number of nitrogens with one attached hydrogen (secondary N) is 1. The second-order valence-corrected chi connectivity index (χ2v) is 5.11. The maximum Gasteiger partial charge on any atom is 0.416 e. The standard InChI is InChI=1S/C13H15F3N2O3/c1-12(2,6-17)11(21)18-9-4-3-7(13(14,15)16)5-8(9)10(19)20/h3-5H,6,17H2,1-2H3,(H,18,21)(H,19,20). The number of anilines is 1. The van der Waals surface area contributed by atoms with Gasteiger partial charge in [0.2, 0.25) is 5.91 Å². The molecule has 0 heterocycles. The van der Waals surface area contributed by atoms with Crippen molar-refractivity contribution in [2.45, 2.75) is 20.0 Å². The van der Waals surface area contributed by atoms with Gasteiger partial charge in [-0.25, -0.2) is 4.79 Å². The van der Waals surface area contributed by atoms with Crippen molar-refractivity contribution in [3.05, 3.63) is 29.3 Å². The highest BCUT2D eigenvalue weighted by Crippen LogP contribution is 2.32. The van der Waals surface area contributed by atoms with E-state index in [1.165, 1.54) is 13.8 Å². The molecule has 0 fully saturated rings. The zero-order valence-corrected chi connectivity index (χ0v) is 11.4.